The fourth-order valence-electron chi connectivity index (χ4n) is 3.69. The molecule has 0 unspecified atom stereocenters. The summed E-state index contributed by atoms with van der Waals surface area (Å²) in [6.07, 6.45) is 24.7. The lowest BCUT2D eigenvalue weighted by Crippen LogP contribution is -2.11. The standard InChI is InChI=1S/C7H16.3C6H13.Al/c1-3-5-7-6-4-2;3*1-3-5-6-4-2;/h3-7H2,1-2H3;3*1,3-6H2,2H3;. The topological polar surface area (TPSA) is 0 Å². The van der Waals surface area contributed by atoms with Crippen LogP contribution in [0.1, 0.15) is 144 Å². The Kier molecular flexibility index (Phi) is 30.7. The van der Waals surface area contributed by atoms with Crippen LogP contribution in [0.4, 0.5) is 0 Å². The Morgan fingerprint density at radius 2 is 0.538 bits per heavy atom. The molecule has 0 aliphatic heterocycles. The predicted octanol–water partition coefficient (Wildman–Crippen LogP) is 10.2. The molecule has 0 fully saturated rings. The van der Waals surface area contributed by atoms with Crippen molar-refractivity contribution in [1.82, 2.24) is 0 Å². The van der Waals surface area contributed by atoms with Gasteiger partial charge < -0.3 is 0 Å². The molecule has 26 heavy (non-hydrogen) atoms. The maximum Gasteiger partial charge on any atom is 0.261 e. The van der Waals surface area contributed by atoms with Crippen LogP contribution in [0.3, 0.4) is 0 Å². The lowest BCUT2D eigenvalue weighted by Gasteiger charge is -2.11. The van der Waals surface area contributed by atoms with Gasteiger partial charge >= 0.3 is 0 Å². The van der Waals surface area contributed by atoms with Crippen molar-refractivity contribution in [1.29, 1.82) is 0 Å². The Balaban J connectivity index is 0. The smallest absolute Gasteiger partial charge is 0.0939 e. The molecule has 0 N–H and O–H groups in total. The molecule has 0 aromatic rings. The maximum atomic E-state index is 2.32. The summed E-state index contributed by atoms with van der Waals surface area (Å²) in [5, 5.41) is 4.95. The highest BCUT2D eigenvalue weighted by Gasteiger charge is 2.15. The largest absolute Gasteiger partial charge is 0.261 e. The summed E-state index contributed by atoms with van der Waals surface area (Å²) in [7, 11) is 0. The second-order valence-corrected chi connectivity index (χ2v) is 11.9. The molecule has 0 heterocycles. The Morgan fingerprint density at radius 3 is 0.769 bits per heavy atom. The number of unbranched alkanes of at least 4 members (excludes halogenated alkanes) is 13. The van der Waals surface area contributed by atoms with Crippen molar-refractivity contribution >= 4 is 14.1 Å². The Labute approximate surface area is 173 Å². The SMILES string of the molecule is CCCCCCC.CCCCC[CH2][Al]([CH2]CCCCC)[CH2]CCCCC. The fraction of sp³-hybridized carbons (Fsp3) is 1.00. The third-order valence-electron chi connectivity index (χ3n) is 5.60. The van der Waals surface area contributed by atoms with E-state index in [1.807, 2.05) is 0 Å². The fourth-order valence-corrected chi connectivity index (χ4v) is 7.15. The van der Waals surface area contributed by atoms with Crippen molar-refractivity contribution in [3.63, 3.8) is 0 Å². The summed E-state index contributed by atoms with van der Waals surface area (Å²) in [5.74, 6) is 0. The number of hydrogen-bond acceptors (Lipinski definition) is 0. The van der Waals surface area contributed by atoms with E-state index in [-0.39, 0.29) is 14.1 Å². The first-order valence-electron chi connectivity index (χ1n) is 12.8. The van der Waals surface area contributed by atoms with Crippen LogP contribution in [0.2, 0.25) is 15.8 Å². The van der Waals surface area contributed by atoms with Gasteiger partial charge in [0.15, 0.2) is 0 Å². The van der Waals surface area contributed by atoms with E-state index < -0.39 is 0 Å². The van der Waals surface area contributed by atoms with E-state index in [2.05, 4.69) is 34.6 Å². The van der Waals surface area contributed by atoms with Gasteiger partial charge in [-0.25, -0.2) is 0 Å². The lowest BCUT2D eigenvalue weighted by atomic mass is 10.2. The Hall–Kier alpha value is 0.532. The summed E-state index contributed by atoms with van der Waals surface area (Å²) >= 11 is -0.362. The molecule has 0 spiro atoms. The highest BCUT2D eigenvalue weighted by molar-refractivity contribution is 6.58. The van der Waals surface area contributed by atoms with E-state index in [4.69, 9.17) is 0 Å². The average Bonchev–Trinajstić information content (AvgIpc) is 2.66. The lowest BCUT2D eigenvalue weighted by molar-refractivity contribution is 0.656. The molecule has 0 amide bonds. The first kappa shape index (κ1) is 28.7. The molecule has 0 aromatic carbocycles. The first-order valence-corrected chi connectivity index (χ1v) is 15.2. The van der Waals surface area contributed by atoms with Crippen LogP contribution in [0, 0.1) is 0 Å². The van der Waals surface area contributed by atoms with Crippen molar-refractivity contribution in [2.45, 2.75) is 160 Å². The number of rotatable bonds is 19. The number of hydrogen-bond donors (Lipinski definition) is 0. The molecular formula is C25H55Al. The van der Waals surface area contributed by atoms with Crippen molar-refractivity contribution < 1.29 is 0 Å². The summed E-state index contributed by atoms with van der Waals surface area (Å²) in [6.45, 7) is 11.5. The van der Waals surface area contributed by atoms with Crippen LogP contribution in [0.15, 0.2) is 0 Å². The van der Waals surface area contributed by atoms with E-state index >= 15 is 0 Å². The van der Waals surface area contributed by atoms with Crippen molar-refractivity contribution in [2.24, 2.45) is 0 Å². The molecule has 0 radical (unpaired) electrons. The molecule has 0 aromatic heterocycles. The van der Waals surface area contributed by atoms with E-state index in [1.165, 1.54) is 89.9 Å². The zero-order valence-corrected chi connectivity index (χ0v) is 20.9. The van der Waals surface area contributed by atoms with Crippen LogP contribution < -0.4 is 0 Å². The van der Waals surface area contributed by atoms with Crippen LogP contribution in [-0.2, 0) is 0 Å². The molecule has 0 nitrogen and oxygen atoms in total. The summed E-state index contributed by atoms with van der Waals surface area (Å²) in [6, 6.07) is 0. The Morgan fingerprint density at radius 1 is 0.308 bits per heavy atom. The predicted molar refractivity (Wildman–Crippen MR) is 127 cm³/mol. The highest BCUT2D eigenvalue weighted by Crippen LogP contribution is 2.19. The van der Waals surface area contributed by atoms with E-state index in [1.54, 1.807) is 35.1 Å². The van der Waals surface area contributed by atoms with Gasteiger partial charge in [0.2, 0.25) is 0 Å². The zero-order chi connectivity index (χ0) is 19.7. The van der Waals surface area contributed by atoms with E-state index in [9.17, 15) is 0 Å². The third-order valence-corrected chi connectivity index (χ3v) is 9.28. The quantitative estimate of drug-likeness (QED) is 0.154. The van der Waals surface area contributed by atoms with Crippen LogP contribution >= 0.6 is 0 Å². The van der Waals surface area contributed by atoms with Crippen LogP contribution in [0.5, 0.6) is 0 Å². The van der Waals surface area contributed by atoms with Gasteiger partial charge in [0, 0.05) is 0 Å². The maximum absolute atomic E-state index is 2.32. The molecule has 0 saturated carbocycles. The van der Waals surface area contributed by atoms with Gasteiger partial charge in [0.1, 0.15) is 0 Å². The molecular weight excluding hydrogens is 327 g/mol. The van der Waals surface area contributed by atoms with Crippen molar-refractivity contribution in [3.05, 3.63) is 0 Å². The normalized spacial score (nSPS) is 10.5. The van der Waals surface area contributed by atoms with E-state index in [0.717, 1.165) is 0 Å². The van der Waals surface area contributed by atoms with Gasteiger partial charge in [-0.3, -0.25) is 0 Å². The third kappa shape index (κ3) is 26.8. The van der Waals surface area contributed by atoms with Crippen molar-refractivity contribution in [2.75, 3.05) is 0 Å². The van der Waals surface area contributed by atoms with E-state index in [0.29, 0.717) is 0 Å². The molecule has 0 aliphatic rings. The molecule has 0 bridgehead atoms. The summed E-state index contributed by atoms with van der Waals surface area (Å²) < 4.78 is 0. The van der Waals surface area contributed by atoms with Gasteiger partial charge in [0.05, 0.1) is 0 Å². The monoisotopic (exact) mass is 382 g/mol. The minimum absolute atomic E-state index is 0.362. The molecule has 0 saturated heterocycles. The van der Waals surface area contributed by atoms with Gasteiger partial charge in [-0.05, 0) is 0 Å². The zero-order valence-electron chi connectivity index (χ0n) is 19.7. The molecule has 1 heteroatoms. The minimum atomic E-state index is -0.362. The van der Waals surface area contributed by atoms with Crippen LogP contribution in [-0.4, -0.2) is 14.1 Å². The Bertz CT molecular complexity index is 182. The summed E-state index contributed by atoms with van der Waals surface area (Å²) in [5.41, 5.74) is 0. The summed E-state index contributed by atoms with van der Waals surface area (Å²) in [4.78, 5) is 0. The molecule has 0 atom stereocenters. The molecule has 0 rings (SSSR count). The van der Waals surface area contributed by atoms with Gasteiger partial charge in [-0.15, -0.1) is 0 Å². The average molecular weight is 383 g/mol. The van der Waals surface area contributed by atoms with Gasteiger partial charge in [0.25, 0.3) is 14.1 Å². The van der Waals surface area contributed by atoms with Gasteiger partial charge in [-0.1, -0.05) is 160 Å². The van der Waals surface area contributed by atoms with Crippen molar-refractivity contribution in [3.8, 4) is 0 Å². The highest BCUT2D eigenvalue weighted by atomic mass is 27.2. The second-order valence-electron chi connectivity index (χ2n) is 8.47. The second kappa shape index (κ2) is 27.7. The molecule has 0 aliphatic carbocycles. The van der Waals surface area contributed by atoms with Crippen LogP contribution in [0.25, 0.3) is 0 Å². The molecule has 158 valence electrons. The first-order chi connectivity index (χ1) is 12.8. The van der Waals surface area contributed by atoms with Gasteiger partial charge in [-0.2, -0.15) is 0 Å². The minimum Gasteiger partial charge on any atom is -0.0939 e.